The molecule has 3 aliphatic rings. The first-order chi connectivity index (χ1) is 13.9. The van der Waals surface area contributed by atoms with Gasteiger partial charge in [0.15, 0.2) is 11.5 Å². The van der Waals surface area contributed by atoms with Crippen LogP contribution < -0.4 is 24.4 Å². The van der Waals surface area contributed by atoms with Crippen LogP contribution in [0.3, 0.4) is 0 Å². The SMILES string of the molecule is O=C1NC2(CCCC2)C(=O)N1c1ccnc(Oc2ccc3c(c2)OC(F)(F)O3)c1. The van der Waals surface area contributed by atoms with Gasteiger partial charge in [0.2, 0.25) is 5.88 Å². The number of imide groups is 1. The fraction of sp³-hybridized carbons (Fsp3) is 0.316. The van der Waals surface area contributed by atoms with E-state index in [0.717, 1.165) is 17.7 Å². The zero-order valence-corrected chi connectivity index (χ0v) is 15.0. The highest BCUT2D eigenvalue weighted by Gasteiger charge is 2.53. The number of hydrogen-bond donors (Lipinski definition) is 1. The van der Waals surface area contributed by atoms with E-state index in [1.165, 1.54) is 36.5 Å². The normalized spacial score (nSPS) is 21.0. The Labute approximate surface area is 163 Å². The second kappa shape index (κ2) is 6.03. The van der Waals surface area contributed by atoms with Crippen LogP contribution in [0.5, 0.6) is 23.1 Å². The molecule has 0 bridgehead atoms. The number of anilines is 1. The van der Waals surface area contributed by atoms with Crippen LogP contribution in [0.2, 0.25) is 0 Å². The molecular formula is C19H15F2N3O5. The van der Waals surface area contributed by atoms with Crippen molar-refractivity contribution in [2.75, 3.05) is 4.90 Å². The van der Waals surface area contributed by atoms with E-state index in [0.29, 0.717) is 18.5 Å². The van der Waals surface area contributed by atoms with Crippen LogP contribution in [0.25, 0.3) is 0 Å². The number of ether oxygens (including phenoxy) is 3. The first kappa shape index (κ1) is 17.7. The van der Waals surface area contributed by atoms with Crippen molar-refractivity contribution in [1.82, 2.24) is 10.3 Å². The summed E-state index contributed by atoms with van der Waals surface area (Å²) < 4.78 is 40.6. The molecule has 150 valence electrons. The maximum Gasteiger partial charge on any atom is 0.586 e. The third-order valence-electron chi connectivity index (χ3n) is 5.19. The van der Waals surface area contributed by atoms with Crippen LogP contribution in [0.4, 0.5) is 19.3 Å². The summed E-state index contributed by atoms with van der Waals surface area (Å²) in [7, 11) is 0. The minimum atomic E-state index is -3.72. The van der Waals surface area contributed by atoms with E-state index in [1.54, 1.807) is 0 Å². The molecule has 0 atom stereocenters. The topological polar surface area (TPSA) is 90.0 Å². The van der Waals surface area contributed by atoms with Crippen molar-refractivity contribution < 1.29 is 32.6 Å². The number of amides is 3. The quantitative estimate of drug-likeness (QED) is 0.789. The van der Waals surface area contributed by atoms with E-state index >= 15 is 0 Å². The number of hydrogen-bond acceptors (Lipinski definition) is 6. The van der Waals surface area contributed by atoms with Gasteiger partial charge in [0.05, 0.1) is 5.69 Å². The molecule has 2 aliphatic heterocycles. The number of rotatable bonds is 3. The van der Waals surface area contributed by atoms with Gasteiger partial charge in [0.25, 0.3) is 5.91 Å². The molecule has 1 saturated carbocycles. The number of aromatic nitrogens is 1. The lowest BCUT2D eigenvalue weighted by Crippen LogP contribution is -2.44. The molecule has 1 saturated heterocycles. The van der Waals surface area contributed by atoms with E-state index in [2.05, 4.69) is 19.8 Å². The van der Waals surface area contributed by atoms with E-state index in [9.17, 15) is 18.4 Å². The standard InChI is InChI=1S/C19H15F2N3O5/c20-19(21)28-13-4-3-12(10-14(13)29-19)27-15-9-11(5-8-22-15)24-16(25)18(23-17(24)26)6-1-2-7-18/h3-5,8-10H,1-2,6-7H2,(H,23,26). The second-order valence-corrected chi connectivity index (χ2v) is 7.09. The third-order valence-corrected chi connectivity index (χ3v) is 5.19. The fourth-order valence-corrected chi connectivity index (χ4v) is 3.88. The monoisotopic (exact) mass is 403 g/mol. The Morgan fingerprint density at radius 1 is 1.07 bits per heavy atom. The first-order valence-corrected chi connectivity index (χ1v) is 9.06. The van der Waals surface area contributed by atoms with Crippen LogP contribution in [0.15, 0.2) is 36.5 Å². The van der Waals surface area contributed by atoms with Gasteiger partial charge in [0, 0.05) is 18.3 Å². The number of halogens is 2. The number of pyridine rings is 1. The number of alkyl halides is 2. The molecule has 1 aliphatic carbocycles. The zero-order chi connectivity index (χ0) is 20.2. The summed E-state index contributed by atoms with van der Waals surface area (Å²) in [5.74, 6) is -0.297. The summed E-state index contributed by atoms with van der Waals surface area (Å²) in [5, 5.41) is 2.81. The van der Waals surface area contributed by atoms with Gasteiger partial charge in [-0.2, -0.15) is 0 Å². The van der Waals surface area contributed by atoms with Crippen molar-refractivity contribution in [2.24, 2.45) is 0 Å². The Morgan fingerprint density at radius 3 is 2.62 bits per heavy atom. The van der Waals surface area contributed by atoms with Crippen LogP contribution in [-0.4, -0.2) is 28.8 Å². The molecule has 2 aromatic rings. The summed E-state index contributed by atoms with van der Waals surface area (Å²) in [6, 6.07) is 6.42. The maximum absolute atomic E-state index is 13.1. The number of carbonyl (C=O) groups excluding carboxylic acids is 2. The van der Waals surface area contributed by atoms with Crippen molar-refractivity contribution in [1.29, 1.82) is 0 Å². The van der Waals surface area contributed by atoms with Crippen molar-refractivity contribution in [3.8, 4) is 23.1 Å². The molecule has 2 fully saturated rings. The molecule has 1 spiro atoms. The van der Waals surface area contributed by atoms with E-state index in [1.807, 2.05) is 0 Å². The number of urea groups is 1. The minimum Gasteiger partial charge on any atom is -0.439 e. The highest BCUT2D eigenvalue weighted by molar-refractivity contribution is 6.23. The summed E-state index contributed by atoms with van der Waals surface area (Å²) in [6.45, 7) is 0. The number of nitrogens with one attached hydrogen (secondary N) is 1. The molecule has 1 aromatic heterocycles. The molecule has 29 heavy (non-hydrogen) atoms. The van der Waals surface area contributed by atoms with Gasteiger partial charge in [0.1, 0.15) is 11.3 Å². The minimum absolute atomic E-state index is 0.0843. The van der Waals surface area contributed by atoms with Gasteiger partial charge in [-0.15, -0.1) is 8.78 Å². The van der Waals surface area contributed by atoms with Gasteiger partial charge < -0.3 is 19.5 Å². The number of benzene rings is 1. The second-order valence-electron chi connectivity index (χ2n) is 7.09. The molecule has 3 heterocycles. The zero-order valence-electron chi connectivity index (χ0n) is 15.0. The Balaban J connectivity index is 1.39. The van der Waals surface area contributed by atoms with Crippen LogP contribution >= 0.6 is 0 Å². The van der Waals surface area contributed by atoms with E-state index in [-0.39, 0.29) is 29.0 Å². The molecule has 1 aromatic carbocycles. The maximum atomic E-state index is 13.1. The van der Waals surface area contributed by atoms with Crippen molar-refractivity contribution in [3.63, 3.8) is 0 Å². The molecule has 10 heteroatoms. The van der Waals surface area contributed by atoms with Gasteiger partial charge in [-0.05, 0) is 31.0 Å². The Hall–Kier alpha value is -3.43. The summed E-state index contributed by atoms with van der Waals surface area (Å²) in [4.78, 5) is 30.5. The van der Waals surface area contributed by atoms with Crippen LogP contribution in [-0.2, 0) is 4.79 Å². The van der Waals surface area contributed by atoms with Crippen molar-refractivity contribution >= 4 is 17.6 Å². The predicted molar refractivity (Wildman–Crippen MR) is 94.2 cm³/mol. The number of fused-ring (bicyclic) bond motifs is 1. The predicted octanol–water partition coefficient (Wildman–Crippen LogP) is 3.56. The van der Waals surface area contributed by atoms with Gasteiger partial charge in [-0.1, -0.05) is 12.8 Å². The Morgan fingerprint density at radius 2 is 1.83 bits per heavy atom. The molecule has 1 N–H and O–H groups in total. The highest BCUT2D eigenvalue weighted by Crippen LogP contribution is 2.43. The average Bonchev–Trinajstić information content (AvgIpc) is 3.31. The lowest BCUT2D eigenvalue weighted by molar-refractivity contribution is -0.286. The lowest BCUT2D eigenvalue weighted by Gasteiger charge is -2.20. The summed E-state index contributed by atoms with van der Waals surface area (Å²) in [5.41, 5.74) is -0.516. The Bertz CT molecular complexity index is 1020. The summed E-state index contributed by atoms with van der Waals surface area (Å²) >= 11 is 0. The lowest BCUT2D eigenvalue weighted by atomic mass is 9.98. The van der Waals surface area contributed by atoms with Gasteiger partial charge >= 0.3 is 12.3 Å². The van der Waals surface area contributed by atoms with E-state index < -0.39 is 17.9 Å². The number of nitrogens with zero attached hydrogens (tertiary/aromatic N) is 2. The molecule has 3 amide bonds. The molecule has 5 rings (SSSR count). The highest BCUT2D eigenvalue weighted by atomic mass is 19.3. The average molecular weight is 403 g/mol. The fourth-order valence-electron chi connectivity index (χ4n) is 3.88. The number of carbonyl (C=O) groups is 2. The molecule has 0 radical (unpaired) electrons. The van der Waals surface area contributed by atoms with E-state index in [4.69, 9.17) is 4.74 Å². The largest absolute Gasteiger partial charge is 0.586 e. The van der Waals surface area contributed by atoms with Crippen LogP contribution in [0.1, 0.15) is 25.7 Å². The van der Waals surface area contributed by atoms with Crippen LogP contribution in [0, 0.1) is 0 Å². The molecular weight excluding hydrogens is 388 g/mol. The van der Waals surface area contributed by atoms with Gasteiger partial charge in [-0.3, -0.25) is 4.79 Å². The first-order valence-electron chi connectivity index (χ1n) is 9.06. The molecule has 8 nitrogen and oxygen atoms in total. The smallest absolute Gasteiger partial charge is 0.439 e. The Kier molecular flexibility index (Phi) is 3.67. The van der Waals surface area contributed by atoms with Crippen molar-refractivity contribution in [2.45, 2.75) is 37.5 Å². The van der Waals surface area contributed by atoms with Gasteiger partial charge in [-0.25, -0.2) is 14.7 Å². The van der Waals surface area contributed by atoms with Crippen molar-refractivity contribution in [3.05, 3.63) is 36.5 Å². The molecule has 0 unspecified atom stereocenters. The third kappa shape index (κ3) is 2.91. The summed E-state index contributed by atoms with van der Waals surface area (Å²) in [6.07, 6.45) is 0.668.